The minimum absolute atomic E-state index is 0.134. The maximum Gasteiger partial charge on any atom is 0.252 e. The third-order valence-corrected chi connectivity index (χ3v) is 12.1. The van der Waals surface area contributed by atoms with E-state index in [0.29, 0.717) is 29.9 Å². The number of piperazine rings is 1. The Balaban J connectivity index is 1.19. The first-order chi connectivity index (χ1) is 23.6. The van der Waals surface area contributed by atoms with Gasteiger partial charge in [-0.05, 0) is 83.6 Å². The molecule has 6 rings (SSSR count). The zero-order valence-corrected chi connectivity index (χ0v) is 27.8. The van der Waals surface area contributed by atoms with Gasteiger partial charge in [0.15, 0.2) is 0 Å². The van der Waals surface area contributed by atoms with Crippen LogP contribution in [0.25, 0.3) is 10.6 Å². The highest BCUT2D eigenvalue weighted by atomic mass is 32.2. The predicted molar refractivity (Wildman–Crippen MR) is 179 cm³/mol. The van der Waals surface area contributed by atoms with Crippen LogP contribution in [0.15, 0.2) is 95.6 Å². The Kier molecular flexibility index (Phi) is 10.6. The second kappa shape index (κ2) is 15.1. The van der Waals surface area contributed by atoms with Gasteiger partial charge in [-0.2, -0.15) is 4.31 Å². The van der Waals surface area contributed by atoms with Crippen molar-refractivity contribution in [2.75, 3.05) is 19.6 Å². The Morgan fingerprint density at radius 1 is 0.939 bits per heavy atom. The van der Waals surface area contributed by atoms with Gasteiger partial charge in [-0.3, -0.25) is 14.8 Å². The van der Waals surface area contributed by atoms with Crippen LogP contribution in [0.3, 0.4) is 0 Å². The highest BCUT2D eigenvalue weighted by Crippen LogP contribution is 2.34. The van der Waals surface area contributed by atoms with Gasteiger partial charge in [0.1, 0.15) is 33.3 Å². The average molecular weight is 709 g/mol. The van der Waals surface area contributed by atoms with Gasteiger partial charge < -0.3 is 5.32 Å². The number of carbonyl (C=O) groups excluding carboxylic acids is 1. The van der Waals surface area contributed by atoms with E-state index in [1.165, 1.54) is 34.8 Å². The molecule has 1 aliphatic heterocycles. The van der Waals surface area contributed by atoms with Crippen LogP contribution in [-0.4, -0.2) is 54.2 Å². The summed E-state index contributed by atoms with van der Waals surface area (Å²) in [5, 5.41) is 3.23. The number of sulfonamides is 1. The quantitative estimate of drug-likeness (QED) is 0.145. The lowest BCUT2D eigenvalue weighted by atomic mass is 9.85. The Labute approximate surface area is 285 Å². The van der Waals surface area contributed by atoms with Gasteiger partial charge in [-0.1, -0.05) is 18.2 Å². The van der Waals surface area contributed by atoms with E-state index in [0.717, 1.165) is 40.6 Å². The Morgan fingerprint density at radius 3 is 2.45 bits per heavy atom. The molecular formula is C36H32F4N4O3S2. The smallest absolute Gasteiger partial charge is 0.252 e. The summed E-state index contributed by atoms with van der Waals surface area (Å²) in [5.74, 6) is -3.88. The van der Waals surface area contributed by atoms with Crippen LogP contribution in [0.2, 0.25) is 0 Å². The summed E-state index contributed by atoms with van der Waals surface area (Å²) in [6.07, 6.45) is 4.10. The standard InChI is InChI=1S/C36H32F4N4O3S2/c37-26-6-4-23(5-7-26)32(24-15-27(38)18-28(39)16-24)19-30(45)17-25-20-42-22-33(40)31(25)9-8-29-21-41-13-14-44(29)49(46,47)36-11-10-35(48-36)34-3-1-2-12-43-34/h1-7,10-12,15-16,18,20,22,29,32,41H,8-9,13-14,17,19,21H2/t29-,32-/m0/s1. The average Bonchev–Trinajstić information content (AvgIpc) is 3.59. The Hall–Kier alpha value is -4.30. The highest BCUT2D eigenvalue weighted by molar-refractivity contribution is 7.91. The molecule has 49 heavy (non-hydrogen) atoms. The molecule has 4 heterocycles. The van der Waals surface area contributed by atoms with E-state index in [9.17, 15) is 26.4 Å². The Bertz CT molecular complexity index is 2020. The molecule has 0 spiro atoms. The van der Waals surface area contributed by atoms with Crippen molar-refractivity contribution < 1.29 is 30.8 Å². The molecule has 7 nitrogen and oxygen atoms in total. The molecule has 3 aromatic heterocycles. The topological polar surface area (TPSA) is 92.3 Å². The lowest BCUT2D eigenvalue weighted by Crippen LogP contribution is -2.53. The molecule has 0 amide bonds. The van der Waals surface area contributed by atoms with Crippen molar-refractivity contribution >= 4 is 27.1 Å². The van der Waals surface area contributed by atoms with E-state index in [-0.39, 0.29) is 53.3 Å². The maximum absolute atomic E-state index is 15.3. The van der Waals surface area contributed by atoms with Crippen molar-refractivity contribution in [3.8, 4) is 10.6 Å². The summed E-state index contributed by atoms with van der Waals surface area (Å²) in [6.45, 7) is 1.06. The predicted octanol–water partition coefficient (Wildman–Crippen LogP) is 6.69. The third-order valence-electron chi connectivity index (χ3n) is 8.56. The molecule has 0 unspecified atom stereocenters. The Morgan fingerprint density at radius 2 is 1.71 bits per heavy atom. The van der Waals surface area contributed by atoms with Crippen LogP contribution >= 0.6 is 11.3 Å². The van der Waals surface area contributed by atoms with Gasteiger partial charge in [0.25, 0.3) is 10.0 Å². The number of rotatable bonds is 12. The number of hydrogen-bond donors (Lipinski definition) is 1. The molecule has 5 aromatic rings. The number of nitrogens with one attached hydrogen (secondary N) is 1. The van der Waals surface area contributed by atoms with Gasteiger partial charge in [0.05, 0.1) is 16.8 Å². The largest absolute Gasteiger partial charge is 0.314 e. The van der Waals surface area contributed by atoms with Crippen LogP contribution in [0.5, 0.6) is 0 Å². The summed E-state index contributed by atoms with van der Waals surface area (Å²) in [7, 11) is -3.87. The zero-order valence-electron chi connectivity index (χ0n) is 26.2. The second-order valence-electron chi connectivity index (χ2n) is 11.8. The molecule has 1 fully saturated rings. The van der Waals surface area contributed by atoms with Crippen molar-refractivity contribution in [2.45, 2.75) is 41.9 Å². The number of pyridine rings is 2. The van der Waals surface area contributed by atoms with Crippen molar-refractivity contribution in [1.82, 2.24) is 19.6 Å². The van der Waals surface area contributed by atoms with Crippen LogP contribution < -0.4 is 5.32 Å². The monoisotopic (exact) mass is 708 g/mol. The lowest BCUT2D eigenvalue weighted by Gasteiger charge is -2.35. The van der Waals surface area contributed by atoms with Gasteiger partial charge >= 0.3 is 0 Å². The molecule has 0 aliphatic carbocycles. The molecule has 1 N–H and O–H groups in total. The summed E-state index contributed by atoms with van der Waals surface area (Å²) in [6, 6.07) is 16.6. The van der Waals surface area contributed by atoms with Crippen molar-refractivity contribution in [1.29, 1.82) is 0 Å². The van der Waals surface area contributed by atoms with Gasteiger partial charge in [-0.15, -0.1) is 11.3 Å². The first kappa shape index (κ1) is 34.6. The minimum Gasteiger partial charge on any atom is -0.314 e. The van der Waals surface area contributed by atoms with Crippen LogP contribution in [-0.2, 0) is 27.7 Å². The van der Waals surface area contributed by atoms with Gasteiger partial charge in [0, 0.05) is 62.9 Å². The number of benzene rings is 2. The van der Waals surface area contributed by atoms with Gasteiger partial charge in [0.2, 0.25) is 0 Å². The lowest BCUT2D eigenvalue weighted by molar-refractivity contribution is -0.118. The van der Waals surface area contributed by atoms with Crippen LogP contribution in [0, 0.1) is 23.3 Å². The van der Waals surface area contributed by atoms with E-state index in [1.54, 1.807) is 24.4 Å². The van der Waals surface area contributed by atoms with Crippen LogP contribution in [0.4, 0.5) is 17.6 Å². The van der Waals surface area contributed by atoms with E-state index in [4.69, 9.17) is 0 Å². The maximum atomic E-state index is 15.3. The van der Waals surface area contributed by atoms with E-state index >= 15 is 4.39 Å². The number of carbonyl (C=O) groups is 1. The molecule has 0 bridgehead atoms. The molecule has 2 atom stereocenters. The summed E-state index contributed by atoms with van der Waals surface area (Å²) < 4.78 is 86.6. The summed E-state index contributed by atoms with van der Waals surface area (Å²) in [4.78, 5) is 22.5. The molecule has 13 heteroatoms. The van der Waals surface area contributed by atoms with E-state index in [2.05, 4.69) is 15.3 Å². The fraction of sp³-hybridized carbons (Fsp3) is 0.250. The molecule has 2 aromatic carbocycles. The number of aromatic nitrogens is 2. The van der Waals surface area contributed by atoms with Gasteiger partial charge in [-0.25, -0.2) is 26.0 Å². The fourth-order valence-electron chi connectivity index (χ4n) is 6.18. The number of ketones is 1. The van der Waals surface area contributed by atoms with Crippen LogP contribution in [0.1, 0.15) is 41.0 Å². The number of Topliss-reactive ketones (excluding diaryl/α,β-unsaturated/α-hetero) is 1. The summed E-state index contributed by atoms with van der Waals surface area (Å²) >= 11 is 1.14. The normalized spacial score (nSPS) is 16.0. The third kappa shape index (κ3) is 8.13. The molecule has 0 saturated carbocycles. The number of hydrogen-bond acceptors (Lipinski definition) is 7. The van der Waals surface area contributed by atoms with E-state index < -0.39 is 45.3 Å². The molecule has 1 aliphatic rings. The van der Waals surface area contributed by atoms with Crippen molar-refractivity contribution in [2.24, 2.45) is 0 Å². The highest BCUT2D eigenvalue weighted by Gasteiger charge is 2.35. The second-order valence-corrected chi connectivity index (χ2v) is 15.0. The van der Waals surface area contributed by atoms with Crippen molar-refractivity contribution in [3.63, 3.8) is 0 Å². The molecule has 1 saturated heterocycles. The number of halogens is 4. The molecule has 254 valence electrons. The minimum atomic E-state index is -3.87. The zero-order chi connectivity index (χ0) is 34.5. The summed E-state index contributed by atoms with van der Waals surface area (Å²) in [5.41, 5.74) is 1.95. The number of thiophene rings is 1. The van der Waals surface area contributed by atoms with E-state index in [1.807, 2.05) is 12.1 Å². The fourth-order valence-corrected chi connectivity index (χ4v) is 9.25. The van der Waals surface area contributed by atoms with Crippen molar-refractivity contribution in [3.05, 3.63) is 137 Å². The SMILES string of the molecule is O=C(Cc1cncc(F)c1CC[C@H]1CNCCN1S(=O)(=O)c1ccc(-c2ccccn2)s1)C[C@@H](c1ccc(F)cc1)c1cc(F)cc(F)c1. The first-order valence-corrected chi connectivity index (χ1v) is 17.9. The number of nitrogens with zero attached hydrogens (tertiary/aromatic N) is 3. The molecular weight excluding hydrogens is 677 g/mol. The first-order valence-electron chi connectivity index (χ1n) is 15.7. The molecule has 0 radical (unpaired) electrons.